The lowest BCUT2D eigenvalue weighted by atomic mass is 10.2. The molecule has 2 N–H and O–H groups in total. The molecule has 2 aromatic carbocycles. The number of nitrogens with one attached hydrogen (secondary N) is 2. The van der Waals surface area contributed by atoms with Crippen molar-refractivity contribution >= 4 is 22.6 Å². The van der Waals surface area contributed by atoms with Gasteiger partial charge in [-0.1, -0.05) is 18.2 Å². The fourth-order valence-electron chi connectivity index (χ4n) is 1.92. The van der Waals surface area contributed by atoms with Crippen LogP contribution in [0.5, 0.6) is 0 Å². The Morgan fingerprint density at radius 2 is 1.95 bits per heavy atom. The van der Waals surface area contributed by atoms with E-state index < -0.39 is 0 Å². The third-order valence-corrected chi connectivity index (χ3v) is 2.74. The Morgan fingerprint density at radius 1 is 1.16 bits per heavy atom. The molecule has 0 radical (unpaired) electrons. The average Bonchev–Trinajstić information content (AvgIpc) is 2.82. The molecule has 0 unspecified atom stereocenters. The molecule has 0 bridgehead atoms. The molecule has 0 saturated carbocycles. The van der Waals surface area contributed by atoms with Gasteiger partial charge in [0, 0.05) is 17.3 Å². The van der Waals surface area contributed by atoms with Crippen LogP contribution in [0.15, 0.2) is 52.9 Å². The van der Waals surface area contributed by atoms with E-state index in [1.807, 2.05) is 48.5 Å². The number of aromatic nitrogens is 1. The van der Waals surface area contributed by atoms with Crippen LogP contribution < -0.4 is 5.32 Å². The first kappa shape index (κ1) is 11.5. The van der Waals surface area contributed by atoms with Gasteiger partial charge in [0.15, 0.2) is 5.58 Å². The van der Waals surface area contributed by atoms with E-state index >= 15 is 0 Å². The lowest BCUT2D eigenvalue weighted by molar-refractivity contribution is 0.620. The van der Waals surface area contributed by atoms with Gasteiger partial charge in [0.25, 0.3) is 0 Å². The Hall–Kier alpha value is -2.62. The molecule has 4 heteroatoms. The molecule has 0 aliphatic rings. The second-order valence-electron chi connectivity index (χ2n) is 4.32. The molecular weight excluding hydrogens is 238 g/mol. The molecule has 0 fully saturated rings. The normalized spacial score (nSPS) is 10.6. The summed E-state index contributed by atoms with van der Waals surface area (Å²) in [6.07, 6.45) is 0. The molecule has 0 aliphatic carbocycles. The van der Waals surface area contributed by atoms with Crippen LogP contribution in [0.4, 0.5) is 5.69 Å². The predicted molar refractivity (Wildman–Crippen MR) is 76.5 cm³/mol. The van der Waals surface area contributed by atoms with Crippen molar-refractivity contribution < 1.29 is 4.42 Å². The maximum absolute atomic E-state index is 7.42. The van der Waals surface area contributed by atoms with Crippen LogP contribution in [0.2, 0.25) is 0 Å². The fourth-order valence-corrected chi connectivity index (χ4v) is 1.92. The zero-order valence-electron chi connectivity index (χ0n) is 10.5. The van der Waals surface area contributed by atoms with Crippen molar-refractivity contribution in [1.29, 1.82) is 5.41 Å². The van der Waals surface area contributed by atoms with Crippen molar-refractivity contribution in [3.05, 3.63) is 48.5 Å². The third-order valence-electron chi connectivity index (χ3n) is 2.74. The third kappa shape index (κ3) is 2.33. The van der Waals surface area contributed by atoms with Gasteiger partial charge in [-0.2, -0.15) is 0 Å². The van der Waals surface area contributed by atoms with Gasteiger partial charge in [-0.05, 0) is 31.2 Å². The summed E-state index contributed by atoms with van der Waals surface area (Å²) in [6, 6.07) is 15.4. The Kier molecular flexibility index (Phi) is 2.76. The van der Waals surface area contributed by atoms with Gasteiger partial charge < -0.3 is 9.73 Å². The van der Waals surface area contributed by atoms with Crippen molar-refractivity contribution in [2.24, 2.45) is 0 Å². The Bertz CT molecular complexity index is 731. The molecule has 19 heavy (non-hydrogen) atoms. The van der Waals surface area contributed by atoms with Crippen molar-refractivity contribution in [3.63, 3.8) is 0 Å². The van der Waals surface area contributed by atoms with Gasteiger partial charge >= 0.3 is 0 Å². The van der Waals surface area contributed by atoms with Crippen molar-refractivity contribution in [2.75, 3.05) is 5.32 Å². The second kappa shape index (κ2) is 4.57. The van der Waals surface area contributed by atoms with E-state index in [1.165, 1.54) is 0 Å². The number of benzene rings is 2. The van der Waals surface area contributed by atoms with Crippen molar-refractivity contribution in [1.82, 2.24) is 4.98 Å². The smallest absolute Gasteiger partial charge is 0.227 e. The fraction of sp³-hybridized carbons (Fsp3) is 0.0667. The van der Waals surface area contributed by atoms with Crippen LogP contribution in [0, 0.1) is 5.41 Å². The molecule has 3 rings (SSSR count). The number of fused-ring (bicyclic) bond motifs is 1. The highest BCUT2D eigenvalue weighted by atomic mass is 16.3. The molecule has 1 aromatic heterocycles. The zero-order valence-corrected chi connectivity index (χ0v) is 10.5. The predicted octanol–water partition coefficient (Wildman–Crippen LogP) is 3.90. The summed E-state index contributed by atoms with van der Waals surface area (Å²) >= 11 is 0. The van der Waals surface area contributed by atoms with Gasteiger partial charge in [0.05, 0.1) is 5.84 Å². The van der Waals surface area contributed by atoms with Crippen LogP contribution in [-0.4, -0.2) is 10.8 Å². The first-order valence-electron chi connectivity index (χ1n) is 6.00. The molecular formula is C15H13N3O. The highest BCUT2D eigenvalue weighted by Crippen LogP contribution is 2.26. The Balaban J connectivity index is 2.04. The molecule has 0 spiro atoms. The van der Waals surface area contributed by atoms with E-state index in [1.54, 1.807) is 6.92 Å². The van der Waals surface area contributed by atoms with Gasteiger partial charge in [-0.15, -0.1) is 0 Å². The minimum atomic E-state index is 0.391. The number of anilines is 1. The highest BCUT2D eigenvalue weighted by Gasteiger charge is 2.08. The quantitative estimate of drug-likeness (QED) is 0.536. The van der Waals surface area contributed by atoms with E-state index in [0.717, 1.165) is 16.8 Å². The highest BCUT2D eigenvalue weighted by molar-refractivity contribution is 5.93. The first-order chi connectivity index (χ1) is 9.22. The number of nitrogens with zero attached hydrogens (tertiary/aromatic N) is 1. The number of oxazole rings is 1. The molecule has 0 atom stereocenters. The molecule has 0 amide bonds. The van der Waals surface area contributed by atoms with Crippen LogP contribution in [0.1, 0.15) is 6.92 Å². The number of rotatable bonds is 2. The second-order valence-corrected chi connectivity index (χ2v) is 4.32. The number of hydrogen-bond acceptors (Lipinski definition) is 3. The Morgan fingerprint density at radius 3 is 2.68 bits per heavy atom. The molecule has 3 aromatic rings. The van der Waals surface area contributed by atoms with E-state index in [-0.39, 0.29) is 0 Å². The summed E-state index contributed by atoms with van der Waals surface area (Å²) in [5.74, 6) is 1.00. The van der Waals surface area contributed by atoms with Gasteiger partial charge in [-0.3, -0.25) is 5.41 Å². The van der Waals surface area contributed by atoms with Crippen LogP contribution in [0.3, 0.4) is 0 Å². The van der Waals surface area contributed by atoms with E-state index in [0.29, 0.717) is 17.3 Å². The maximum Gasteiger partial charge on any atom is 0.227 e. The van der Waals surface area contributed by atoms with E-state index in [2.05, 4.69) is 10.3 Å². The molecule has 94 valence electrons. The standard InChI is InChI=1S/C15H13N3O/c1-10(16)17-12-7-8-13-14(9-12)19-15(18-13)11-5-3-2-4-6-11/h2-9H,1H3,(H2,16,17). The summed E-state index contributed by atoms with van der Waals surface area (Å²) in [7, 11) is 0. The maximum atomic E-state index is 7.42. The largest absolute Gasteiger partial charge is 0.436 e. The van der Waals surface area contributed by atoms with Gasteiger partial charge in [-0.25, -0.2) is 4.98 Å². The van der Waals surface area contributed by atoms with Crippen molar-refractivity contribution in [2.45, 2.75) is 6.92 Å². The summed E-state index contributed by atoms with van der Waals surface area (Å²) in [5, 5.41) is 10.4. The van der Waals surface area contributed by atoms with Crippen molar-refractivity contribution in [3.8, 4) is 11.5 Å². The zero-order chi connectivity index (χ0) is 13.2. The van der Waals surface area contributed by atoms with Gasteiger partial charge in [0.2, 0.25) is 5.89 Å². The topological polar surface area (TPSA) is 61.9 Å². The molecule has 1 heterocycles. The molecule has 0 saturated heterocycles. The minimum absolute atomic E-state index is 0.391. The summed E-state index contributed by atoms with van der Waals surface area (Å²) in [5.41, 5.74) is 3.31. The SMILES string of the molecule is CC(=N)Nc1ccc2nc(-c3ccccc3)oc2c1. The lowest BCUT2D eigenvalue weighted by Gasteiger charge is -2.01. The van der Waals surface area contributed by atoms with E-state index in [9.17, 15) is 0 Å². The number of hydrogen-bond donors (Lipinski definition) is 2. The Labute approximate surface area is 110 Å². The average molecular weight is 251 g/mol. The minimum Gasteiger partial charge on any atom is -0.436 e. The van der Waals surface area contributed by atoms with E-state index in [4.69, 9.17) is 9.83 Å². The molecule has 0 aliphatic heterocycles. The van der Waals surface area contributed by atoms with Gasteiger partial charge in [0.1, 0.15) is 5.52 Å². The summed E-state index contributed by atoms with van der Waals surface area (Å²) in [6.45, 7) is 1.69. The lowest BCUT2D eigenvalue weighted by Crippen LogP contribution is -2.04. The van der Waals surface area contributed by atoms with Crippen LogP contribution in [-0.2, 0) is 0 Å². The summed E-state index contributed by atoms with van der Waals surface area (Å²) in [4.78, 5) is 4.46. The summed E-state index contributed by atoms with van der Waals surface area (Å²) < 4.78 is 5.75. The number of amidine groups is 1. The molecule has 4 nitrogen and oxygen atoms in total. The van der Waals surface area contributed by atoms with Crippen LogP contribution >= 0.6 is 0 Å². The first-order valence-corrected chi connectivity index (χ1v) is 6.00. The monoisotopic (exact) mass is 251 g/mol. The van der Waals surface area contributed by atoms with Crippen LogP contribution in [0.25, 0.3) is 22.6 Å².